The number of allylic oxidation sites excluding steroid dienone is 1. The summed E-state index contributed by atoms with van der Waals surface area (Å²) in [7, 11) is 1.99. The molecule has 0 saturated carbocycles. The number of piperidine rings is 1. The van der Waals surface area contributed by atoms with Gasteiger partial charge < -0.3 is 15.5 Å². The number of carbonyl (C=O) groups is 1. The van der Waals surface area contributed by atoms with Gasteiger partial charge in [-0.3, -0.25) is 9.69 Å². The third-order valence-electron chi connectivity index (χ3n) is 9.18. The quantitative estimate of drug-likeness (QED) is 0.310. The molecule has 2 saturated heterocycles. The Kier molecular flexibility index (Phi) is 10.6. The summed E-state index contributed by atoms with van der Waals surface area (Å²) in [5, 5.41) is 16.3. The molecule has 4 rings (SSSR count). The average Bonchev–Trinajstić information content (AvgIpc) is 3.42. The molecular formula is C33H44F3N7O. The monoisotopic (exact) mass is 611 g/mol. The topological polar surface area (TPSA) is 97.2 Å². The molecule has 11 heteroatoms. The van der Waals surface area contributed by atoms with E-state index in [0.29, 0.717) is 60.2 Å². The Morgan fingerprint density at radius 3 is 2.41 bits per heavy atom. The number of aromatic nitrogens is 2. The van der Waals surface area contributed by atoms with Gasteiger partial charge in [0.25, 0.3) is 0 Å². The van der Waals surface area contributed by atoms with Crippen molar-refractivity contribution >= 4 is 29.4 Å². The van der Waals surface area contributed by atoms with Crippen molar-refractivity contribution in [2.75, 3.05) is 36.9 Å². The number of nitrogens with zero attached hydrogens (tertiary/aromatic N) is 5. The summed E-state index contributed by atoms with van der Waals surface area (Å²) in [6.07, 6.45) is 2.21. The number of anilines is 3. The molecule has 0 aliphatic carbocycles. The van der Waals surface area contributed by atoms with Crippen LogP contribution in [0.5, 0.6) is 0 Å². The number of halogens is 3. The maximum Gasteiger partial charge on any atom is 0.389 e. The Morgan fingerprint density at radius 1 is 1.11 bits per heavy atom. The number of likely N-dealkylation sites (N-methyl/N-ethyl adjacent to an activating group) is 1. The van der Waals surface area contributed by atoms with Crippen LogP contribution in [-0.4, -0.2) is 65.7 Å². The minimum atomic E-state index is -4.30. The van der Waals surface area contributed by atoms with E-state index in [1.165, 1.54) is 0 Å². The SMILES string of the molecule is CCC(/C=C\c1c(C)nc(N2CCC(NC(=O)C3CCCN3C)CC2)nc1Nc1ccc(C)cc1C#N)(CC)CC(F)(F)F. The number of amides is 1. The number of aryl methyl sites for hydroxylation is 2. The van der Waals surface area contributed by atoms with Crippen molar-refractivity contribution in [3.05, 3.63) is 46.7 Å². The zero-order valence-electron chi connectivity index (χ0n) is 26.4. The number of carbonyl (C=O) groups excluding carboxylic acids is 1. The van der Waals surface area contributed by atoms with E-state index in [0.717, 1.165) is 37.8 Å². The molecule has 0 bridgehead atoms. The van der Waals surface area contributed by atoms with Crippen molar-refractivity contribution in [3.8, 4) is 6.07 Å². The molecule has 238 valence electrons. The summed E-state index contributed by atoms with van der Waals surface area (Å²) in [5.74, 6) is 1.02. The molecule has 1 aromatic carbocycles. The molecule has 2 N–H and O–H groups in total. The molecular weight excluding hydrogens is 567 g/mol. The van der Waals surface area contributed by atoms with Crippen LogP contribution in [0.3, 0.4) is 0 Å². The van der Waals surface area contributed by atoms with Crippen LogP contribution in [0.2, 0.25) is 0 Å². The molecule has 2 aromatic rings. The van der Waals surface area contributed by atoms with E-state index in [4.69, 9.17) is 9.97 Å². The van der Waals surface area contributed by atoms with Gasteiger partial charge in [-0.1, -0.05) is 32.1 Å². The molecule has 1 amide bonds. The summed E-state index contributed by atoms with van der Waals surface area (Å²) in [6, 6.07) is 7.69. The lowest BCUT2D eigenvalue weighted by Gasteiger charge is -2.34. The van der Waals surface area contributed by atoms with E-state index in [1.807, 2.05) is 27.0 Å². The van der Waals surface area contributed by atoms with Gasteiger partial charge in [-0.15, -0.1) is 0 Å². The van der Waals surface area contributed by atoms with Crippen LogP contribution in [0.25, 0.3) is 6.08 Å². The van der Waals surface area contributed by atoms with Gasteiger partial charge in [-0.2, -0.15) is 23.4 Å². The molecule has 1 aromatic heterocycles. The maximum absolute atomic E-state index is 13.5. The zero-order chi connectivity index (χ0) is 32.1. The van der Waals surface area contributed by atoms with E-state index < -0.39 is 18.0 Å². The predicted molar refractivity (Wildman–Crippen MR) is 168 cm³/mol. The fraction of sp³-hybridized carbons (Fsp3) is 0.576. The molecule has 1 atom stereocenters. The van der Waals surface area contributed by atoms with Crippen molar-refractivity contribution in [2.45, 2.75) is 90.9 Å². The Balaban J connectivity index is 1.61. The summed E-state index contributed by atoms with van der Waals surface area (Å²) >= 11 is 0. The van der Waals surface area contributed by atoms with E-state index in [2.05, 4.69) is 26.5 Å². The predicted octanol–water partition coefficient (Wildman–Crippen LogP) is 6.66. The van der Waals surface area contributed by atoms with Crippen molar-refractivity contribution in [3.63, 3.8) is 0 Å². The molecule has 8 nitrogen and oxygen atoms in total. The Labute approximate surface area is 258 Å². The minimum Gasteiger partial charge on any atom is -0.352 e. The van der Waals surface area contributed by atoms with Crippen LogP contribution < -0.4 is 15.5 Å². The second-order valence-corrected chi connectivity index (χ2v) is 12.3. The third-order valence-corrected chi connectivity index (χ3v) is 9.18. The smallest absolute Gasteiger partial charge is 0.352 e. The fourth-order valence-electron chi connectivity index (χ4n) is 6.21. The first-order valence-corrected chi connectivity index (χ1v) is 15.5. The number of nitrogens with one attached hydrogen (secondary N) is 2. The van der Waals surface area contributed by atoms with Crippen molar-refractivity contribution in [2.24, 2.45) is 5.41 Å². The Morgan fingerprint density at radius 2 is 1.82 bits per heavy atom. The number of hydrogen-bond donors (Lipinski definition) is 2. The highest BCUT2D eigenvalue weighted by atomic mass is 19.4. The Hall–Kier alpha value is -3.65. The second kappa shape index (κ2) is 14.0. The van der Waals surface area contributed by atoms with Gasteiger partial charge in [-0.25, -0.2) is 4.98 Å². The normalized spacial score (nSPS) is 18.5. The van der Waals surface area contributed by atoms with Crippen LogP contribution in [0.1, 0.15) is 81.2 Å². The minimum absolute atomic E-state index is 0.0661. The highest BCUT2D eigenvalue weighted by Crippen LogP contribution is 2.41. The van der Waals surface area contributed by atoms with Crippen LogP contribution in [0, 0.1) is 30.6 Å². The van der Waals surface area contributed by atoms with Crippen molar-refractivity contribution in [1.82, 2.24) is 20.2 Å². The molecule has 2 aliphatic rings. The van der Waals surface area contributed by atoms with Crippen LogP contribution in [0.4, 0.5) is 30.6 Å². The molecule has 0 radical (unpaired) electrons. The molecule has 3 heterocycles. The number of hydrogen-bond acceptors (Lipinski definition) is 7. The van der Waals surface area contributed by atoms with E-state index in [9.17, 15) is 23.2 Å². The van der Waals surface area contributed by atoms with Crippen molar-refractivity contribution in [1.29, 1.82) is 5.26 Å². The number of nitriles is 1. The highest BCUT2D eigenvalue weighted by molar-refractivity contribution is 5.82. The lowest BCUT2D eigenvalue weighted by atomic mass is 9.78. The van der Waals surface area contributed by atoms with Crippen molar-refractivity contribution < 1.29 is 18.0 Å². The number of benzene rings is 1. The Bertz CT molecular complexity index is 1390. The van der Waals surface area contributed by atoms with Gasteiger partial charge >= 0.3 is 6.18 Å². The standard InChI is InChI=1S/C33H44F3N7O/c1-6-32(7-2,21-33(34,35)36)15-12-26-23(4)38-31(41-29(26)40-27-11-10-22(3)19-24(27)20-37)43-17-13-25(14-18-43)39-30(44)28-9-8-16-42(28)5/h10-12,15,19,25,28H,6-9,13-14,16-18,21H2,1-5H3,(H,39,44)(H,38,40,41)/b15-12-. The van der Waals surface area contributed by atoms with Gasteiger partial charge in [0.1, 0.15) is 11.9 Å². The number of likely N-dealkylation sites (tertiary alicyclic amines) is 1. The molecule has 44 heavy (non-hydrogen) atoms. The van der Waals surface area contributed by atoms with Crippen LogP contribution >= 0.6 is 0 Å². The summed E-state index contributed by atoms with van der Waals surface area (Å²) in [4.78, 5) is 26.6. The second-order valence-electron chi connectivity index (χ2n) is 12.3. The third kappa shape index (κ3) is 8.08. The largest absolute Gasteiger partial charge is 0.389 e. The number of alkyl halides is 3. The van der Waals surface area contributed by atoms with Crippen LogP contribution in [0.15, 0.2) is 24.3 Å². The van der Waals surface area contributed by atoms with Gasteiger partial charge in [0.2, 0.25) is 11.9 Å². The van der Waals surface area contributed by atoms with Gasteiger partial charge in [0.15, 0.2) is 0 Å². The van der Waals surface area contributed by atoms with E-state index >= 15 is 0 Å². The lowest BCUT2D eigenvalue weighted by molar-refractivity contribution is -0.153. The number of rotatable bonds is 10. The van der Waals surface area contributed by atoms with E-state index in [1.54, 1.807) is 38.1 Å². The van der Waals surface area contributed by atoms with Crippen LogP contribution in [-0.2, 0) is 4.79 Å². The molecule has 1 unspecified atom stereocenters. The summed E-state index contributed by atoms with van der Waals surface area (Å²) in [5.41, 5.74) is 2.08. The average molecular weight is 612 g/mol. The van der Waals surface area contributed by atoms with Gasteiger partial charge in [0.05, 0.1) is 29.4 Å². The first kappa shape index (κ1) is 33.2. The first-order valence-electron chi connectivity index (χ1n) is 15.5. The summed E-state index contributed by atoms with van der Waals surface area (Å²) in [6.45, 7) is 9.50. The summed E-state index contributed by atoms with van der Waals surface area (Å²) < 4.78 is 40.6. The highest BCUT2D eigenvalue weighted by Gasteiger charge is 2.39. The first-order chi connectivity index (χ1) is 20.9. The molecule has 2 aliphatic heterocycles. The molecule has 2 fully saturated rings. The van der Waals surface area contributed by atoms with E-state index in [-0.39, 0.29) is 18.0 Å². The lowest BCUT2D eigenvalue weighted by Crippen LogP contribution is -2.50. The van der Waals surface area contributed by atoms with Gasteiger partial charge in [-0.05, 0) is 89.1 Å². The maximum atomic E-state index is 13.5. The molecule has 0 spiro atoms. The fourth-order valence-corrected chi connectivity index (χ4v) is 6.21. The zero-order valence-corrected chi connectivity index (χ0v) is 26.4. The van der Waals surface area contributed by atoms with Gasteiger partial charge in [0, 0.05) is 24.7 Å².